The second kappa shape index (κ2) is 3.96. The molecule has 2 nitrogen and oxygen atoms in total. The van der Waals surface area contributed by atoms with Gasteiger partial charge in [-0.05, 0) is 13.0 Å². The van der Waals surface area contributed by atoms with E-state index in [0.717, 1.165) is 19.1 Å². The lowest BCUT2D eigenvalue weighted by Crippen LogP contribution is -2.63. The molecule has 2 rings (SSSR count). The van der Waals surface area contributed by atoms with Crippen LogP contribution in [0.3, 0.4) is 0 Å². The molecule has 6 heteroatoms. The minimum atomic E-state index is -3.57. The van der Waals surface area contributed by atoms with Crippen molar-refractivity contribution in [1.29, 1.82) is 0 Å². The Hall–Kier alpha value is -1.59. The van der Waals surface area contributed by atoms with Crippen molar-refractivity contribution in [2.45, 2.75) is 31.0 Å². The van der Waals surface area contributed by atoms with Crippen LogP contribution in [0.4, 0.5) is 17.6 Å². The highest BCUT2D eigenvalue weighted by atomic mass is 19.3. The highest BCUT2D eigenvalue weighted by Crippen LogP contribution is 2.44. The summed E-state index contributed by atoms with van der Waals surface area (Å²) >= 11 is 0. The van der Waals surface area contributed by atoms with Crippen LogP contribution in [0.5, 0.6) is 0 Å². The summed E-state index contributed by atoms with van der Waals surface area (Å²) in [6.45, 7) is 0.995. The summed E-state index contributed by atoms with van der Waals surface area (Å²) in [5, 5.41) is 1.89. The van der Waals surface area contributed by atoms with Gasteiger partial charge in [-0.25, -0.2) is 17.6 Å². The van der Waals surface area contributed by atoms with Crippen LogP contribution in [0.1, 0.15) is 18.9 Å². The Balaban J connectivity index is 2.52. The molecule has 0 bridgehead atoms. The highest BCUT2D eigenvalue weighted by molar-refractivity contribution is 5.83. The normalized spacial score (nSPS) is 30.9. The zero-order chi connectivity index (χ0) is 13.6. The van der Waals surface area contributed by atoms with Crippen LogP contribution in [0, 0.1) is 5.82 Å². The van der Waals surface area contributed by atoms with Gasteiger partial charge in [0, 0.05) is 5.56 Å². The van der Waals surface area contributed by atoms with Gasteiger partial charge in [-0.2, -0.15) is 0 Å². The molecule has 1 heterocycles. The van der Waals surface area contributed by atoms with E-state index >= 15 is 0 Å². The lowest BCUT2D eigenvalue weighted by atomic mass is 9.79. The number of nitrogens with one attached hydrogen (secondary N) is 1. The Morgan fingerprint density at radius 2 is 1.94 bits per heavy atom. The minimum absolute atomic E-state index is 0.352. The van der Waals surface area contributed by atoms with Crippen molar-refractivity contribution in [3.8, 4) is 0 Å². The summed E-state index contributed by atoms with van der Waals surface area (Å²) in [7, 11) is 0. The lowest BCUT2D eigenvalue weighted by molar-refractivity contribution is -0.161. The third-order valence-electron chi connectivity index (χ3n) is 3.24. The predicted molar refractivity (Wildman–Crippen MR) is 56.4 cm³/mol. The molecule has 0 saturated carbocycles. The Labute approximate surface area is 101 Å². The number of rotatable bonds is 1. The molecule has 18 heavy (non-hydrogen) atoms. The van der Waals surface area contributed by atoms with Crippen LogP contribution in [0.15, 0.2) is 24.3 Å². The first kappa shape index (κ1) is 12.9. The van der Waals surface area contributed by atoms with Gasteiger partial charge in [-0.1, -0.05) is 18.2 Å². The van der Waals surface area contributed by atoms with E-state index in [1.165, 1.54) is 12.1 Å². The molecule has 1 aromatic carbocycles. The minimum Gasteiger partial charge on any atom is -0.338 e. The largest absolute Gasteiger partial charge is 0.338 e. The number of alkyl halides is 3. The molecular formula is C12H11F4NO. The predicted octanol–water partition coefficient (Wildman–Crippen LogP) is 2.53. The van der Waals surface area contributed by atoms with Crippen LogP contribution in [0.2, 0.25) is 0 Å². The average molecular weight is 261 g/mol. The highest BCUT2D eigenvalue weighted by Gasteiger charge is 2.59. The Bertz CT molecular complexity index is 491. The summed E-state index contributed by atoms with van der Waals surface area (Å²) in [5.74, 6) is -5.58. The Morgan fingerprint density at radius 3 is 2.56 bits per heavy atom. The van der Waals surface area contributed by atoms with E-state index in [0.29, 0.717) is 0 Å². The van der Waals surface area contributed by atoms with Crippen molar-refractivity contribution < 1.29 is 22.4 Å². The molecule has 1 saturated heterocycles. The second-order valence-corrected chi connectivity index (χ2v) is 4.47. The summed E-state index contributed by atoms with van der Waals surface area (Å²) in [6.07, 6.45) is -3.52. The van der Waals surface area contributed by atoms with Crippen LogP contribution in [0.25, 0.3) is 0 Å². The fourth-order valence-corrected chi connectivity index (χ4v) is 2.07. The summed E-state index contributed by atoms with van der Waals surface area (Å²) in [4.78, 5) is 11.2. The third kappa shape index (κ3) is 1.76. The zero-order valence-electron chi connectivity index (χ0n) is 9.51. The second-order valence-electron chi connectivity index (χ2n) is 4.47. The van der Waals surface area contributed by atoms with Gasteiger partial charge in [-0.3, -0.25) is 4.79 Å². The van der Waals surface area contributed by atoms with Crippen molar-refractivity contribution in [3.05, 3.63) is 35.6 Å². The number of carbonyl (C=O) groups excluding carboxylic acids is 1. The fourth-order valence-electron chi connectivity index (χ4n) is 2.07. The van der Waals surface area contributed by atoms with E-state index in [-0.39, 0.29) is 5.56 Å². The van der Waals surface area contributed by atoms with Gasteiger partial charge < -0.3 is 5.32 Å². The van der Waals surface area contributed by atoms with Gasteiger partial charge in [-0.15, -0.1) is 0 Å². The van der Waals surface area contributed by atoms with Crippen LogP contribution in [-0.4, -0.2) is 18.0 Å². The Morgan fingerprint density at radius 1 is 1.33 bits per heavy atom. The fraction of sp³-hybridized carbons (Fsp3) is 0.417. The van der Waals surface area contributed by atoms with Gasteiger partial charge in [0.15, 0.2) is 6.17 Å². The number of amides is 1. The number of hydrogen-bond acceptors (Lipinski definition) is 1. The quantitative estimate of drug-likeness (QED) is 0.773. The first-order chi connectivity index (χ1) is 8.28. The van der Waals surface area contributed by atoms with Crippen molar-refractivity contribution in [2.75, 3.05) is 0 Å². The number of halogens is 4. The van der Waals surface area contributed by atoms with Crippen molar-refractivity contribution in [2.24, 2.45) is 0 Å². The standard InChI is InChI=1S/C12H11F4NO/c1-11(7-4-2-3-5-8(7)13)12(15,16)6-9(14)10(18)17-11/h2-5,9H,6H2,1H3,(H,17,18)/t9-,11-/m1/s1. The number of benzene rings is 1. The van der Waals surface area contributed by atoms with E-state index in [9.17, 15) is 22.4 Å². The third-order valence-corrected chi connectivity index (χ3v) is 3.24. The van der Waals surface area contributed by atoms with Crippen LogP contribution < -0.4 is 5.32 Å². The number of carbonyl (C=O) groups is 1. The van der Waals surface area contributed by atoms with E-state index in [1.54, 1.807) is 0 Å². The monoisotopic (exact) mass is 261 g/mol. The first-order valence-corrected chi connectivity index (χ1v) is 5.37. The van der Waals surface area contributed by atoms with E-state index < -0.39 is 35.8 Å². The van der Waals surface area contributed by atoms with Crippen LogP contribution >= 0.6 is 0 Å². The van der Waals surface area contributed by atoms with Gasteiger partial charge in [0.05, 0.1) is 6.42 Å². The number of piperidine rings is 1. The smallest absolute Gasteiger partial charge is 0.277 e. The van der Waals surface area contributed by atoms with Crippen LogP contribution in [-0.2, 0) is 10.3 Å². The molecule has 0 aromatic heterocycles. The molecule has 1 amide bonds. The van der Waals surface area contributed by atoms with E-state index in [2.05, 4.69) is 0 Å². The summed E-state index contributed by atoms with van der Waals surface area (Å²) < 4.78 is 54.5. The molecule has 1 aromatic rings. The van der Waals surface area contributed by atoms with Crippen molar-refractivity contribution in [1.82, 2.24) is 5.32 Å². The van der Waals surface area contributed by atoms with Gasteiger partial charge in [0.2, 0.25) is 0 Å². The molecule has 1 fully saturated rings. The molecule has 0 radical (unpaired) electrons. The molecule has 1 N–H and O–H groups in total. The maximum absolute atomic E-state index is 13.9. The van der Waals surface area contributed by atoms with E-state index in [4.69, 9.17) is 0 Å². The molecular weight excluding hydrogens is 250 g/mol. The topological polar surface area (TPSA) is 29.1 Å². The molecule has 0 unspecified atom stereocenters. The molecule has 98 valence electrons. The van der Waals surface area contributed by atoms with Crippen molar-refractivity contribution in [3.63, 3.8) is 0 Å². The molecule has 2 atom stereocenters. The van der Waals surface area contributed by atoms with Gasteiger partial charge >= 0.3 is 0 Å². The maximum atomic E-state index is 13.9. The van der Waals surface area contributed by atoms with Gasteiger partial charge in [0.1, 0.15) is 11.4 Å². The SMILES string of the molecule is C[C@]1(c2ccccc2F)NC(=O)[C@H](F)CC1(F)F. The Kier molecular flexibility index (Phi) is 2.83. The molecule has 0 aliphatic carbocycles. The zero-order valence-corrected chi connectivity index (χ0v) is 9.51. The lowest BCUT2D eigenvalue weighted by Gasteiger charge is -2.42. The maximum Gasteiger partial charge on any atom is 0.277 e. The van der Waals surface area contributed by atoms with Gasteiger partial charge in [0.25, 0.3) is 11.8 Å². The number of hydrogen-bond donors (Lipinski definition) is 1. The summed E-state index contributed by atoms with van der Waals surface area (Å²) in [5.41, 5.74) is -2.59. The summed E-state index contributed by atoms with van der Waals surface area (Å²) in [6, 6.07) is 4.91. The van der Waals surface area contributed by atoms with E-state index in [1.807, 2.05) is 5.32 Å². The molecule has 1 aliphatic heterocycles. The molecule has 0 spiro atoms. The van der Waals surface area contributed by atoms with Crippen molar-refractivity contribution >= 4 is 5.91 Å². The average Bonchev–Trinajstić information content (AvgIpc) is 2.26. The molecule has 1 aliphatic rings. The first-order valence-electron chi connectivity index (χ1n) is 5.37.